The lowest BCUT2D eigenvalue weighted by Crippen LogP contribution is -2.59. The summed E-state index contributed by atoms with van der Waals surface area (Å²) in [7, 11) is 0. The van der Waals surface area contributed by atoms with Gasteiger partial charge in [-0.3, -0.25) is 4.90 Å². The molecule has 126 valence electrons. The average molecular weight is 376 g/mol. The summed E-state index contributed by atoms with van der Waals surface area (Å²) in [4.78, 5) is 28.6. The first kappa shape index (κ1) is 19.0. The van der Waals surface area contributed by atoms with Crippen LogP contribution in [-0.2, 0) is 14.3 Å². The molecule has 1 aliphatic rings. The van der Waals surface area contributed by atoms with Crippen molar-refractivity contribution in [1.82, 2.24) is 4.90 Å². The van der Waals surface area contributed by atoms with Gasteiger partial charge in [-0.05, 0) is 50.6 Å². The maximum absolute atomic E-state index is 12.7. The number of halogens is 1. The fourth-order valence-corrected chi connectivity index (χ4v) is 3.44. The number of esters is 1. The van der Waals surface area contributed by atoms with Gasteiger partial charge in [0.15, 0.2) is 5.54 Å². The molecule has 0 aromatic rings. The van der Waals surface area contributed by atoms with Gasteiger partial charge in [-0.1, -0.05) is 29.8 Å². The molecular weight excluding hydrogens is 350 g/mol. The number of amides is 1. The van der Waals surface area contributed by atoms with Gasteiger partial charge in [0.2, 0.25) is 0 Å². The smallest absolute Gasteiger partial charge is 0.411 e. The highest BCUT2D eigenvalue weighted by Crippen LogP contribution is 2.43. The summed E-state index contributed by atoms with van der Waals surface area (Å²) in [5.74, 6) is -0.538. The van der Waals surface area contributed by atoms with Gasteiger partial charge in [-0.25, -0.2) is 9.59 Å². The summed E-state index contributed by atoms with van der Waals surface area (Å²) in [6.45, 7) is 11.7. The van der Waals surface area contributed by atoms with E-state index in [0.717, 1.165) is 5.57 Å². The van der Waals surface area contributed by atoms with E-state index in [2.05, 4.69) is 15.9 Å². The van der Waals surface area contributed by atoms with Crippen molar-refractivity contribution in [3.8, 4) is 0 Å². The van der Waals surface area contributed by atoms with E-state index >= 15 is 0 Å². The molecule has 0 N–H and O–H groups in total. The third-order valence-electron chi connectivity index (χ3n) is 3.69. The first-order valence-corrected chi connectivity index (χ1v) is 8.50. The fourth-order valence-electron chi connectivity index (χ4n) is 2.86. The number of hydrogen-bond donors (Lipinski definition) is 0. The maximum atomic E-state index is 12.7. The second-order valence-corrected chi connectivity index (χ2v) is 7.12. The molecule has 0 radical (unpaired) electrons. The summed E-state index contributed by atoms with van der Waals surface area (Å²) in [6, 6.07) is 0. The van der Waals surface area contributed by atoms with Crippen LogP contribution in [0.3, 0.4) is 0 Å². The molecule has 1 rings (SSSR count). The first-order chi connectivity index (χ1) is 10.1. The molecule has 1 atom stereocenters. The van der Waals surface area contributed by atoms with Crippen LogP contribution in [0.15, 0.2) is 10.6 Å². The van der Waals surface area contributed by atoms with Crippen LogP contribution in [0.4, 0.5) is 4.79 Å². The molecule has 1 fully saturated rings. The van der Waals surface area contributed by atoms with Crippen LogP contribution in [0.2, 0.25) is 0 Å². The van der Waals surface area contributed by atoms with Crippen molar-refractivity contribution in [1.29, 1.82) is 0 Å². The molecular formula is C16H26BrNO4. The first-order valence-electron chi connectivity index (χ1n) is 7.58. The van der Waals surface area contributed by atoms with E-state index in [9.17, 15) is 9.59 Å². The van der Waals surface area contributed by atoms with Crippen LogP contribution in [0.5, 0.6) is 0 Å². The number of carbonyl (C=O) groups excluding carboxylic acids is 2. The molecule has 5 nitrogen and oxygen atoms in total. The van der Waals surface area contributed by atoms with Crippen molar-refractivity contribution in [2.45, 2.75) is 59.1 Å². The van der Waals surface area contributed by atoms with E-state index in [1.54, 1.807) is 11.9 Å². The van der Waals surface area contributed by atoms with Gasteiger partial charge in [0.05, 0.1) is 6.61 Å². The average Bonchev–Trinajstić information content (AvgIpc) is 2.77. The van der Waals surface area contributed by atoms with Crippen molar-refractivity contribution in [3.63, 3.8) is 0 Å². The predicted molar refractivity (Wildman–Crippen MR) is 88.8 cm³/mol. The predicted octanol–water partition coefficient (Wildman–Crippen LogP) is 3.86. The highest BCUT2D eigenvalue weighted by Gasteiger charge is 2.57. The second-order valence-electron chi connectivity index (χ2n) is 6.66. The molecule has 1 aliphatic heterocycles. The fraction of sp³-hybridized carbons (Fsp3) is 0.750. The van der Waals surface area contributed by atoms with Crippen molar-refractivity contribution >= 4 is 28.0 Å². The zero-order valence-corrected chi connectivity index (χ0v) is 15.8. The lowest BCUT2D eigenvalue weighted by molar-refractivity contribution is -0.156. The van der Waals surface area contributed by atoms with E-state index in [1.807, 2.05) is 34.6 Å². The lowest BCUT2D eigenvalue weighted by Gasteiger charge is -2.40. The minimum absolute atomic E-state index is 0.134. The maximum Gasteiger partial charge on any atom is 0.411 e. The van der Waals surface area contributed by atoms with Gasteiger partial charge >= 0.3 is 12.1 Å². The zero-order chi connectivity index (χ0) is 17.1. The molecule has 0 saturated carbocycles. The monoisotopic (exact) mass is 375 g/mol. The van der Waals surface area contributed by atoms with Gasteiger partial charge in [0.25, 0.3) is 0 Å². The Kier molecular flexibility index (Phi) is 6.07. The molecule has 0 spiro atoms. The van der Waals surface area contributed by atoms with Crippen LogP contribution >= 0.6 is 15.9 Å². The Bertz CT molecular complexity index is 467. The zero-order valence-electron chi connectivity index (χ0n) is 14.2. The number of rotatable bonds is 3. The quantitative estimate of drug-likeness (QED) is 0.702. The standard InChI is InChI=1S/C16H26BrNO4/c1-7-21-13(19)16(11(2)3)12(10-17)8-9-18(16)14(20)22-15(4,5)6/h10-11H,7-9H2,1-6H3/b12-10-/t16-/m1/s1. The SMILES string of the molecule is CCOC(=O)[C@@]1(C(C)C)/C(=C\Br)CCN1C(=O)OC(C)(C)C. The minimum atomic E-state index is -1.11. The van der Waals surface area contributed by atoms with Gasteiger partial charge in [-0.15, -0.1) is 0 Å². The molecule has 22 heavy (non-hydrogen) atoms. The molecule has 1 amide bonds. The van der Waals surface area contributed by atoms with Gasteiger partial charge in [0.1, 0.15) is 5.60 Å². The summed E-state index contributed by atoms with van der Waals surface area (Å²) >= 11 is 3.33. The largest absolute Gasteiger partial charge is 0.464 e. The number of ether oxygens (including phenoxy) is 2. The van der Waals surface area contributed by atoms with E-state index < -0.39 is 23.2 Å². The Balaban J connectivity index is 3.30. The van der Waals surface area contributed by atoms with Crippen LogP contribution in [0.25, 0.3) is 0 Å². The third-order valence-corrected chi connectivity index (χ3v) is 4.24. The Morgan fingerprint density at radius 1 is 1.41 bits per heavy atom. The summed E-state index contributed by atoms with van der Waals surface area (Å²) in [6.07, 6.45) is 0.125. The van der Waals surface area contributed by atoms with Crippen LogP contribution in [-0.4, -0.2) is 41.3 Å². The van der Waals surface area contributed by atoms with E-state index in [0.29, 0.717) is 13.0 Å². The molecule has 1 heterocycles. The summed E-state index contributed by atoms with van der Waals surface area (Å²) < 4.78 is 10.8. The van der Waals surface area contributed by atoms with Crippen molar-refractivity contribution < 1.29 is 19.1 Å². The Morgan fingerprint density at radius 3 is 2.41 bits per heavy atom. The molecule has 6 heteroatoms. The van der Waals surface area contributed by atoms with Crippen LogP contribution in [0, 0.1) is 5.92 Å². The van der Waals surface area contributed by atoms with E-state index in [1.165, 1.54) is 4.90 Å². The third kappa shape index (κ3) is 3.47. The van der Waals surface area contributed by atoms with Crippen molar-refractivity contribution in [3.05, 3.63) is 10.6 Å². The Morgan fingerprint density at radius 2 is 2.00 bits per heavy atom. The second kappa shape index (κ2) is 7.02. The minimum Gasteiger partial charge on any atom is -0.464 e. The van der Waals surface area contributed by atoms with Gasteiger partial charge < -0.3 is 9.47 Å². The molecule has 0 bridgehead atoms. The van der Waals surface area contributed by atoms with Gasteiger partial charge in [0, 0.05) is 6.54 Å². The van der Waals surface area contributed by atoms with Crippen molar-refractivity contribution in [2.75, 3.05) is 13.2 Å². The number of likely N-dealkylation sites (tertiary alicyclic amines) is 1. The van der Waals surface area contributed by atoms with Gasteiger partial charge in [-0.2, -0.15) is 0 Å². The Hall–Kier alpha value is -1.04. The lowest BCUT2D eigenvalue weighted by atomic mass is 9.80. The normalized spacial score (nSPS) is 24.0. The highest BCUT2D eigenvalue weighted by atomic mass is 79.9. The molecule has 0 unspecified atom stereocenters. The molecule has 0 aliphatic carbocycles. The van der Waals surface area contributed by atoms with Crippen molar-refractivity contribution in [2.24, 2.45) is 5.92 Å². The highest BCUT2D eigenvalue weighted by molar-refractivity contribution is 9.11. The summed E-state index contributed by atoms with van der Waals surface area (Å²) in [5.41, 5.74) is -0.885. The van der Waals surface area contributed by atoms with E-state index in [4.69, 9.17) is 9.47 Å². The van der Waals surface area contributed by atoms with Crippen LogP contribution < -0.4 is 0 Å². The van der Waals surface area contributed by atoms with Crippen LogP contribution in [0.1, 0.15) is 48.0 Å². The number of nitrogens with zero attached hydrogens (tertiary/aromatic N) is 1. The number of hydrogen-bond acceptors (Lipinski definition) is 4. The summed E-state index contributed by atoms with van der Waals surface area (Å²) in [5, 5.41) is 0. The number of carbonyl (C=O) groups is 2. The molecule has 0 aromatic carbocycles. The van der Waals surface area contributed by atoms with E-state index in [-0.39, 0.29) is 12.5 Å². The molecule has 0 aromatic heterocycles. The Labute approximate surface area is 141 Å². The topological polar surface area (TPSA) is 55.8 Å². The molecule has 1 saturated heterocycles.